The van der Waals surface area contributed by atoms with Crippen LogP contribution in [0.2, 0.25) is 5.02 Å². The van der Waals surface area contributed by atoms with Crippen molar-refractivity contribution in [1.29, 1.82) is 0 Å². The predicted molar refractivity (Wildman–Crippen MR) is 44.8 cm³/mol. The molecule has 0 amide bonds. The monoisotopic (exact) mass is 171 g/mol. The van der Waals surface area contributed by atoms with E-state index in [0.29, 0.717) is 6.54 Å². The van der Waals surface area contributed by atoms with Gasteiger partial charge in [0.15, 0.2) is 0 Å². The second-order valence-electron chi connectivity index (χ2n) is 2.41. The highest BCUT2D eigenvalue weighted by atomic mass is 35.5. The van der Waals surface area contributed by atoms with Gasteiger partial charge in [0, 0.05) is 11.6 Å². The van der Waals surface area contributed by atoms with Gasteiger partial charge in [-0.15, -0.1) is 0 Å². The van der Waals surface area contributed by atoms with E-state index in [1.165, 1.54) is 0 Å². The van der Waals surface area contributed by atoms with Gasteiger partial charge >= 0.3 is 0 Å². The van der Waals surface area contributed by atoms with Crippen LogP contribution in [-0.2, 0) is 6.54 Å². The summed E-state index contributed by atoms with van der Waals surface area (Å²) in [5.74, 6) is 0. The number of hydroxylamine groups is 1. The summed E-state index contributed by atoms with van der Waals surface area (Å²) in [7, 11) is 0. The topological polar surface area (TPSA) is 32.3 Å². The molecule has 0 aromatic heterocycles. The maximum absolute atomic E-state index is 8.43. The molecule has 0 atom stereocenters. The van der Waals surface area contributed by atoms with E-state index in [1.807, 2.05) is 19.1 Å². The Balaban J connectivity index is 2.90. The van der Waals surface area contributed by atoms with Crippen LogP contribution in [0.25, 0.3) is 0 Å². The van der Waals surface area contributed by atoms with Gasteiger partial charge in [-0.3, -0.25) is 0 Å². The zero-order valence-corrected chi connectivity index (χ0v) is 7.02. The highest BCUT2D eigenvalue weighted by Gasteiger charge is 1.96. The Morgan fingerprint density at radius 2 is 2.27 bits per heavy atom. The number of hydrogen-bond acceptors (Lipinski definition) is 2. The van der Waals surface area contributed by atoms with Gasteiger partial charge in [-0.1, -0.05) is 17.7 Å². The van der Waals surface area contributed by atoms with E-state index in [1.54, 1.807) is 6.07 Å². The van der Waals surface area contributed by atoms with Gasteiger partial charge in [0.1, 0.15) is 0 Å². The van der Waals surface area contributed by atoms with E-state index in [9.17, 15) is 0 Å². The predicted octanol–water partition coefficient (Wildman–Crippen LogP) is 2.13. The smallest absolute Gasteiger partial charge is 0.0460 e. The fourth-order valence-electron chi connectivity index (χ4n) is 0.943. The van der Waals surface area contributed by atoms with Crippen molar-refractivity contribution in [3.8, 4) is 0 Å². The summed E-state index contributed by atoms with van der Waals surface area (Å²) in [4.78, 5) is 0. The lowest BCUT2D eigenvalue weighted by molar-refractivity contribution is 0.161. The fraction of sp³-hybridized carbons (Fsp3) is 0.250. The summed E-state index contributed by atoms with van der Waals surface area (Å²) >= 11 is 5.73. The minimum atomic E-state index is 0.461. The molecule has 2 N–H and O–H groups in total. The Kier molecular flexibility index (Phi) is 2.88. The number of hydrogen-bond donors (Lipinski definition) is 2. The maximum atomic E-state index is 8.43. The molecule has 1 aromatic rings. The Hall–Kier alpha value is -0.570. The molecule has 60 valence electrons. The summed E-state index contributed by atoms with van der Waals surface area (Å²) in [5.41, 5.74) is 4.24. The first kappa shape index (κ1) is 8.53. The standard InChI is InChI=1S/C8H10ClNO/c1-6-4-8(9)3-2-7(6)5-10-11/h2-4,10-11H,5H2,1H3. The normalized spacial score (nSPS) is 10.1. The number of nitrogens with one attached hydrogen (secondary N) is 1. The lowest BCUT2D eigenvalue weighted by Gasteiger charge is -2.03. The number of rotatable bonds is 2. The molecule has 0 spiro atoms. The van der Waals surface area contributed by atoms with Gasteiger partial charge in [-0.25, -0.2) is 5.48 Å². The molecule has 0 fully saturated rings. The molecule has 0 unspecified atom stereocenters. The maximum Gasteiger partial charge on any atom is 0.0460 e. The van der Waals surface area contributed by atoms with Crippen molar-refractivity contribution in [3.63, 3.8) is 0 Å². The van der Waals surface area contributed by atoms with Crippen molar-refractivity contribution in [2.24, 2.45) is 0 Å². The SMILES string of the molecule is Cc1cc(Cl)ccc1CNO. The Bertz CT molecular complexity index is 250. The van der Waals surface area contributed by atoms with Gasteiger partial charge in [0.2, 0.25) is 0 Å². The largest absolute Gasteiger partial charge is 0.316 e. The summed E-state index contributed by atoms with van der Waals surface area (Å²) < 4.78 is 0. The van der Waals surface area contributed by atoms with Gasteiger partial charge < -0.3 is 5.21 Å². The highest BCUT2D eigenvalue weighted by molar-refractivity contribution is 6.30. The highest BCUT2D eigenvalue weighted by Crippen LogP contribution is 2.14. The molecule has 2 nitrogen and oxygen atoms in total. The fourth-order valence-corrected chi connectivity index (χ4v) is 1.17. The number of halogens is 1. The molecule has 1 aromatic carbocycles. The van der Waals surface area contributed by atoms with Crippen LogP contribution in [-0.4, -0.2) is 5.21 Å². The van der Waals surface area contributed by atoms with E-state index >= 15 is 0 Å². The lowest BCUT2D eigenvalue weighted by Crippen LogP contribution is -2.07. The zero-order chi connectivity index (χ0) is 8.27. The number of benzene rings is 1. The van der Waals surface area contributed by atoms with Crippen molar-refractivity contribution in [2.75, 3.05) is 0 Å². The van der Waals surface area contributed by atoms with Gasteiger partial charge in [0.25, 0.3) is 0 Å². The Morgan fingerprint density at radius 1 is 1.55 bits per heavy atom. The van der Waals surface area contributed by atoms with Gasteiger partial charge in [-0.05, 0) is 30.2 Å². The molecule has 1 rings (SSSR count). The van der Waals surface area contributed by atoms with E-state index in [4.69, 9.17) is 16.8 Å². The van der Waals surface area contributed by atoms with Crippen molar-refractivity contribution < 1.29 is 5.21 Å². The van der Waals surface area contributed by atoms with Crippen LogP contribution in [0, 0.1) is 6.92 Å². The molecular weight excluding hydrogens is 162 g/mol. The summed E-state index contributed by atoms with van der Waals surface area (Å²) in [5, 5.41) is 9.16. The van der Waals surface area contributed by atoms with E-state index in [2.05, 4.69) is 5.48 Å². The lowest BCUT2D eigenvalue weighted by atomic mass is 10.1. The molecule has 0 aliphatic carbocycles. The third-order valence-corrected chi connectivity index (χ3v) is 1.81. The van der Waals surface area contributed by atoms with Crippen LogP contribution in [0.5, 0.6) is 0 Å². The number of aryl methyl sites for hydroxylation is 1. The average Bonchev–Trinajstić information content (AvgIpc) is 1.95. The molecule has 0 saturated heterocycles. The average molecular weight is 172 g/mol. The third-order valence-electron chi connectivity index (χ3n) is 1.57. The molecular formula is C8H10ClNO. The molecule has 0 bridgehead atoms. The van der Waals surface area contributed by atoms with Crippen molar-refractivity contribution in [2.45, 2.75) is 13.5 Å². The zero-order valence-electron chi connectivity index (χ0n) is 6.26. The Labute approximate surface area is 70.8 Å². The van der Waals surface area contributed by atoms with Crippen LogP contribution < -0.4 is 5.48 Å². The Morgan fingerprint density at radius 3 is 2.82 bits per heavy atom. The van der Waals surface area contributed by atoms with Crippen molar-refractivity contribution >= 4 is 11.6 Å². The molecule has 0 aliphatic rings. The van der Waals surface area contributed by atoms with E-state index < -0.39 is 0 Å². The van der Waals surface area contributed by atoms with Crippen LogP contribution in [0.3, 0.4) is 0 Å². The third kappa shape index (κ3) is 2.19. The van der Waals surface area contributed by atoms with Crippen LogP contribution >= 0.6 is 11.6 Å². The van der Waals surface area contributed by atoms with Crippen molar-refractivity contribution in [3.05, 3.63) is 34.3 Å². The first-order valence-corrected chi connectivity index (χ1v) is 3.74. The molecule has 0 radical (unpaired) electrons. The van der Waals surface area contributed by atoms with Crippen LogP contribution in [0.1, 0.15) is 11.1 Å². The summed E-state index contributed by atoms with van der Waals surface area (Å²) in [6, 6.07) is 5.57. The van der Waals surface area contributed by atoms with Crippen LogP contribution in [0.4, 0.5) is 0 Å². The summed E-state index contributed by atoms with van der Waals surface area (Å²) in [6.07, 6.45) is 0. The van der Waals surface area contributed by atoms with E-state index in [0.717, 1.165) is 16.1 Å². The second kappa shape index (κ2) is 3.72. The van der Waals surface area contributed by atoms with Crippen LogP contribution in [0.15, 0.2) is 18.2 Å². The molecule has 0 aliphatic heterocycles. The minimum Gasteiger partial charge on any atom is -0.316 e. The van der Waals surface area contributed by atoms with E-state index in [-0.39, 0.29) is 0 Å². The first-order chi connectivity index (χ1) is 5.24. The quantitative estimate of drug-likeness (QED) is 0.669. The van der Waals surface area contributed by atoms with Gasteiger partial charge in [-0.2, -0.15) is 0 Å². The molecule has 11 heavy (non-hydrogen) atoms. The molecule has 0 saturated carbocycles. The first-order valence-electron chi connectivity index (χ1n) is 3.36. The van der Waals surface area contributed by atoms with Crippen molar-refractivity contribution in [1.82, 2.24) is 5.48 Å². The molecule has 0 heterocycles. The minimum absolute atomic E-state index is 0.461. The second-order valence-corrected chi connectivity index (χ2v) is 2.84. The summed E-state index contributed by atoms with van der Waals surface area (Å²) in [6.45, 7) is 2.42. The molecule has 3 heteroatoms. The van der Waals surface area contributed by atoms with Gasteiger partial charge in [0.05, 0.1) is 0 Å².